The molecule has 2 aromatic heterocycles. The van der Waals surface area contributed by atoms with Crippen LogP contribution in [0, 0.1) is 12.8 Å². The molecule has 1 fully saturated rings. The van der Waals surface area contributed by atoms with Crippen LogP contribution in [0.5, 0.6) is 0 Å². The third-order valence-electron chi connectivity index (χ3n) is 5.89. The van der Waals surface area contributed by atoms with Gasteiger partial charge >= 0.3 is 0 Å². The van der Waals surface area contributed by atoms with E-state index in [-0.39, 0.29) is 23.8 Å². The normalized spacial score (nSPS) is 19.9. The number of likely N-dealkylation sites (tertiary alicyclic amines) is 1. The molecule has 8 heteroatoms. The molecule has 2 aliphatic rings. The van der Waals surface area contributed by atoms with Crippen molar-refractivity contribution in [3.8, 4) is 0 Å². The third kappa shape index (κ3) is 4.02. The van der Waals surface area contributed by atoms with Gasteiger partial charge in [-0.15, -0.1) is 0 Å². The predicted octanol–water partition coefficient (Wildman–Crippen LogP) is 1.89. The molecule has 0 spiro atoms. The highest BCUT2D eigenvalue weighted by Crippen LogP contribution is 2.32. The van der Waals surface area contributed by atoms with Crippen LogP contribution in [0.15, 0.2) is 18.5 Å². The number of hydrogen-bond donors (Lipinski definition) is 0. The Morgan fingerprint density at radius 2 is 2.14 bits per heavy atom. The van der Waals surface area contributed by atoms with Gasteiger partial charge in [0.2, 0.25) is 11.8 Å². The fraction of sp³-hybridized carbons (Fsp3) is 0.571. The summed E-state index contributed by atoms with van der Waals surface area (Å²) >= 11 is 0. The molecule has 2 amide bonds. The molecule has 8 nitrogen and oxygen atoms in total. The van der Waals surface area contributed by atoms with E-state index in [2.05, 4.69) is 10.1 Å². The standard InChI is InChI=1S/C21H28N6O2/c1-14(12-26-10-6-15(2)24-26)21(29)27-8-4-5-19(27)20-22-11-17-13-25(16(3)28)9-7-18(17)23-20/h6,10-11,14,19H,4-5,7-9,12-13H2,1-3H3/t14-,19+/m0/s1. The highest BCUT2D eigenvalue weighted by molar-refractivity contribution is 5.79. The number of carbonyl (C=O) groups is 2. The lowest BCUT2D eigenvalue weighted by atomic mass is 10.1. The van der Waals surface area contributed by atoms with Gasteiger partial charge in [-0.3, -0.25) is 14.3 Å². The Balaban J connectivity index is 1.48. The smallest absolute Gasteiger partial charge is 0.227 e. The molecule has 0 radical (unpaired) electrons. The number of hydrogen-bond acceptors (Lipinski definition) is 5. The maximum absolute atomic E-state index is 13.1. The monoisotopic (exact) mass is 396 g/mol. The van der Waals surface area contributed by atoms with Crippen molar-refractivity contribution in [2.45, 2.75) is 59.2 Å². The Kier molecular flexibility index (Phi) is 5.34. The van der Waals surface area contributed by atoms with Gasteiger partial charge < -0.3 is 9.80 Å². The minimum Gasteiger partial charge on any atom is -0.338 e. The summed E-state index contributed by atoms with van der Waals surface area (Å²) < 4.78 is 1.83. The van der Waals surface area contributed by atoms with E-state index < -0.39 is 0 Å². The number of amides is 2. The van der Waals surface area contributed by atoms with Crippen LogP contribution >= 0.6 is 0 Å². The Hall–Kier alpha value is -2.77. The molecule has 2 aromatic rings. The summed E-state index contributed by atoms with van der Waals surface area (Å²) in [5.41, 5.74) is 2.97. The molecule has 2 aliphatic heterocycles. The van der Waals surface area contributed by atoms with Crippen molar-refractivity contribution < 1.29 is 9.59 Å². The van der Waals surface area contributed by atoms with Gasteiger partial charge in [0.1, 0.15) is 0 Å². The zero-order valence-corrected chi connectivity index (χ0v) is 17.3. The van der Waals surface area contributed by atoms with Crippen LogP contribution in [0.2, 0.25) is 0 Å². The number of nitrogens with zero attached hydrogens (tertiary/aromatic N) is 6. The van der Waals surface area contributed by atoms with Crippen LogP contribution in [-0.4, -0.2) is 54.5 Å². The first-order valence-electron chi connectivity index (χ1n) is 10.3. The second-order valence-electron chi connectivity index (χ2n) is 8.16. The average molecular weight is 396 g/mol. The molecule has 0 unspecified atom stereocenters. The minimum absolute atomic E-state index is 0.0690. The van der Waals surface area contributed by atoms with Crippen LogP contribution in [0.1, 0.15) is 55.5 Å². The summed E-state index contributed by atoms with van der Waals surface area (Å²) in [4.78, 5) is 37.9. The molecular weight excluding hydrogens is 368 g/mol. The first-order chi connectivity index (χ1) is 13.9. The molecule has 4 heterocycles. The molecule has 29 heavy (non-hydrogen) atoms. The Morgan fingerprint density at radius 3 is 2.86 bits per heavy atom. The van der Waals surface area contributed by atoms with Gasteiger partial charge in [-0.25, -0.2) is 9.97 Å². The van der Waals surface area contributed by atoms with E-state index in [1.807, 2.05) is 46.8 Å². The summed E-state index contributed by atoms with van der Waals surface area (Å²) in [5, 5.41) is 4.40. The zero-order chi connectivity index (χ0) is 20.5. The van der Waals surface area contributed by atoms with Crippen molar-refractivity contribution in [3.63, 3.8) is 0 Å². The highest BCUT2D eigenvalue weighted by atomic mass is 16.2. The molecule has 0 aliphatic carbocycles. The van der Waals surface area contributed by atoms with E-state index in [4.69, 9.17) is 4.98 Å². The summed E-state index contributed by atoms with van der Waals surface area (Å²) in [7, 11) is 0. The van der Waals surface area contributed by atoms with Crippen LogP contribution in [0.4, 0.5) is 0 Å². The van der Waals surface area contributed by atoms with Crippen molar-refractivity contribution in [2.75, 3.05) is 13.1 Å². The van der Waals surface area contributed by atoms with Crippen LogP contribution in [-0.2, 0) is 29.1 Å². The number of rotatable bonds is 4. The predicted molar refractivity (Wildman–Crippen MR) is 107 cm³/mol. The van der Waals surface area contributed by atoms with Crippen LogP contribution in [0.3, 0.4) is 0 Å². The molecule has 154 valence electrons. The molecule has 0 saturated carbocycles. The maximum atomic E-state index is 13.1. The molecule has 4 rings (SSSR count). The third-order valence-corrected chi connectivity index (χ3v) is 5.89. The number of carbonyl (C=O) groups excluding carboxylic acids is 2. The largest absolute Gasteiger partial charge is 0.338 e. The van der Waals surface area contributed by atoms with Crippen molar-refractivity contribution in [2.24, 2.45) is 5.92 Å². The Labute approximate surface area is 170 Å². The summed E-state index contributed by atoms with van der Waals surface area (Å²) in [5.74, 6) is 0.781. The first-order valence-corrected chi connectivity index (χ1v) is 10.3. The number of aromatic nitrogens is 4. The second kappa shape index (κ2) is 7.93. The fourth-order valence-corrected chi connectivity index (χ4v) is 4.27. The lowest BCUT2D eigenvalue weighted by molar-refractivity contribution is -0.136. The number of aryl methyl sites for hydroxylation is 1. The topological polar surface area (TPSA) is 84.2 Å². The van der Waals surface area contributed by atoms with Gasteiger partial charge in [-0.1, -0.05) is 6.92 Å². The van der Waals surface area contributed by atoms with E-state index in [9.17, 15) is 9.59 Å². The quantitative estimate of drug-likeness (QED) is 0.788. The van der Waals surface area contributed by atoms with Gasteiger partial charge in [-0.05, 0) is 25.8 Å². The molecular formula is C21H28N6O2. The van der Waals surface area contributed by atoms with E-state index in [0.717, 1.165) is 48.6 Å². The van der Waals surface area contributed by atoms with E-state index in [1.54, 1.807) is 6.92 Å². The fourth-order valence-electron chi connectivity index (χ4n) is 4.27. The van der Waals surface area contributed by atoms with Gasteiger partial charge in [0.15, 0.2) is 5.82 Å². The van der Waals surface area contributed by atoms with Crippen molar-refractivity contribution in [3.05, 3.63) is 41.2 Å². The van der Waals surface area contributed by atoms with E-state index in [0.29, 0.717) is 19.6 Å². The van der Waals surface area contributed by atoms with Gasteiger partial charge in [0, 0.05) is 50.9 Å². The SMILES string of the molecule is CC(=O)N1CCc2nc([C@H]3CCCN3C(=O)[C@@H](C)Cn3ccc(C)n3)ncc2C1. The van der Waals surface area contributed by atoms with Gasteiger partial charge in [0.05, 0.1) is 29.9 Å². The maximum Gasteiger partial charge on any atom is 0.227 e. The summed E-state index contributed by atoms with van der Waals surface area (Å²) in [6.45, 7) is 8.06. The van der Waals surface area contributed by atoms with Gasteiger partial charge in [0.25, 0.3) is 0 Å². The Bertz CT molecular complexity index is 924. The minimum atomic E-state index is -0.156. The zero-order valence-electron chi connectivity index (χ0n) is 17.3. The summed E-state index contributed by atoms with van der Waals surface area (Å²) in [6.07, 6.45) is 6.33. The van der Waals surface area contributed by atoms with E-state index in [1.165, 1.54) is 0 Å². The van der Waals surface area contributed by atoms with Crippen LogP contribution < -0.4 is 0 Å². The lowest BCUT2D eigenvalue weighted by Gasteiger charge is -2.29. The molecule has 0 bridgehead atoms. The molecule has 1 saturated heterocycles. The van der Waals surface area contributed by atoms with Gasteiger partial charge in [-0.2, -0.15) is 5.10 Å². The lowest BCUT2D eigenvalue weighted by Crippen LogP contribution is -2.38. The first kappa shape index (κ1) is 19.5. The number of fused-ring (bicyclic) bond motifs is 1. The van der Waals surface area contributed by atoms with Crippen LogP contribution in [0.25, 0.3) is 0 Å². The summed E-state index contributed by atoms with van der Waals surface area (Å²) in [6, 6.07) is 1.88. The van der Waals surface area contributed by atoms with Crippen molar-refractivity contribution >= 4 is 11.8 Å². The second-order valence-corrected chi connectivity index (χ2v) is 8.16. The molecule has 0 aromatic carbocycles. The van der Waals surface area contributed by atoms with Crippen molar-refractivity contribution in [1.29, 1.82) is 0 Å². The molecule has 0 N–H and O–H groups in total. The molecule has 2 atom stereocenters. The highest BCUT2D eigenvalue weighted by Gasteiger charge is 2.35. The van der Waals surface area contributed by atoms with E-state index >= 15 is 0 Å². The Morgan fingerprint density at radius 1 is 1.31 bits per heavy atom. The van der Waals surface area contributed by atoms with Crippen molar-refractivity contribution in [1.82, 2.24) is 29.5 Å². The average Bonchev–Trinajstić information content (AvgIpc) is 3.35.